The van der Waals surface area contributed by atoms with Crippen LogP contribution in [-0.2, 0) is 0 Å². The van der Waals surface area contributed by atoms with Crippen molar-refractivity contribution in [2.24, 2.45) is 5.92 Å². The largest absolute Gasteiger partial charge is 0.478 e. The van der Waals surface area contributed by atoms with Crippen LogP contribution in [0.3, 0.4) is 0 Å². The number of aromatic carboxylic acids is 1. The number of anilines is 1. The lowest BCUT2D eigenvalue weighted by molar-refractivity contribution is 0.0697. The smallest absolute Gasteiger partial charge is 0.335 e. The maximum atomic E-state index is 12.3. The number of nitrogens with zero attached hydrogens (tertiary/aromatic N) is 1. The van der Waals surface area contributed by atoms with Crippen molar-refractivity contribution < 1.29 is 14.7 Å². The highest BCUT2D eigenvalue weighted by Gasteiger charge is 2.19. The Morgan fingerprint density at radius 1 is 1.33 bits per heavy atom. The molecule has 1 aliphatic rings. The third-order valence-electron chi connectivity index (χ3n) is 3.76. The van der Waals surface area contributed by atoms with Gasteiger partial charge in [-0.1, -0.05) is 18.5 Å². The molecule has 21 heavy (non-hydrogen) atoms. The summed E-state index contributed by atoms with van der Waals surface area (Å²) in [5.41, 5.74) is 0.429. The number of amides is 2. The summed E-state index contributed by atoms with van der Waals surface area (Å²) in [6.45, 7) is 3.62. The van der Waals surface area contributed by atoms with Gasteiger partial charge in [-0.05, 0) is 43.4 Å². The fraction of sp³-hybridized carbons (Fsp3) is 0.467. The fourth-order valence-electron chi connectivity index (χ4n) is 2.41. The van der Waals surface area contributed by atoms with E-state index in [1.54, 1.807) is 4.90 Å². The number of likely N-dealkylation sites (tertiary alicyclic amines) is 1. The summed E-state index contributed by atoms with van der Waals surface area (Å²) in [5.74, 6) is -0.424. The number of urea groups is 1. The standard InChI is InChI=1S/C15H19ClN2O3/c1-10-3-2-7-18(8-6-10)15(21)17-13-9-11(14(19)20)4-5-12(13)16/h4-5,9-10H,2-3,6-8H2,1H3,(H,17,21)(H,19,20). The van der Waals surface area contributed by atoms with Crippen molar-refractivity contribution in [3.63, 3.8) is 0 Å². The molecule has 1 aliphatic heterocycles. The summed E-state index contributed by atoms with van der Waals surface area (Å²) >= 11 is 6.01. The molecule has 2 amide bonds. The highest BCUT2D eigenvalue weighted by molar-refractivity contribution is 6.33. The Labute approximate surface area is 128 Å². The molecule has 1 atom stereocenters. The van der Waals surface area contributed by atoms with Gasteiger partial charge < -0.3 is 15.3 Å². The maximum Gasteiger partial charge on any atom is 0.335 e. The zero-order valence-electron chi connectivity index (χ0n) is 11.9. The summed E-state index contributed by atoms with van der Waals surface area (Å²) in [6, 6.07) is 4.04. The van der Waals surface area contributed by atoms with E-state index in [0.717, 1.165) is 19.3 Å². The second-order valence-corrected chi connectivity index (χ2v) is 5.86. The van der Waals surface area contributed by atoms with Crippen molar-refractivity contribution in [2.75, 3.05) is 18.4 Å². The van der Waals surface area contributed by atoms with Gasteiger partial charge in [-0.25, -0.2) is 9.59 Å². The molecule has 1 aromatic rings. The van der Waals surface area contributed by atoms with Crippen molar-refractivity contribution in [2.45, 2.75) is 26.2 Å². The molecule has 0 bridgehead atoms. The second kappa shape index (κ2) is 6.80. The van der Waals surface area contributed by atoms with Crippen LogP contribution < -0.4 is 5.32 Å². The van der Waals surface area contributed by atoms with E-state index in [1.807, 2.05) is 0 Å². The molecule has 5 nitrogen and oxygen atoms in total. The normalized spacial score (nSPS) is 19.0. The molecular formula is C15H19ClN2O3. The van der Waals surface area contributed by atoms with Crippen LogP contribution in [0.2, 0.25) is 5.02 Å². The van der Waals surface area contributed by atoms with Crippen LogP contribution in [0.15, 0.2) is 18.2 Å². The molecule has 2 rings (SSSR count). The van der Waals surface area contributed by atoms with Gasteiger partial charge in [0.05, 0.1) is 16.3 Å². The molecule has 0 radical (unpaired) electrons. The minimum atomic E-state index is -1.05. The SMILES string of the molecule is CC1CCCN(C(=O)Nc2cc(C(=O)O)ccc2Cl)CC1. The molecule has 0 aromatic heterocycles. The summed E-state index contributed by atoms with van der Waals surface area (Å²) in [4.78, 5) is 25.0. The molecule has 1 unspecified atom stereocenters. The lowest BCUT2D eigenvalue weighted by atomic mass is 10.0. The van der Waals surface area contributed by atoms with Crippen molar-refractivity contribution in [1.29, 1.82) is 0 Å². The van der Waals surface area contributed by atoms with Crippen LogP contribution in [0.1, 0.15) is 36.5 Å². The predicted octanol–water partition coefficient (Wildman–Crippen LogP) is 3.69. The summed E-state index contributed by atoms with van der Waals surface area (Å²) in [5, 5.41) is 12.0. The van der Waals surface area contributed by atoms with E-state index in [0.29, 0.717) is 29.7 Å². The molecule has 0 spiro atoms. The van der Waals surface area contributed by atoms with Gasteiger partial charge in [0.2, 0.25) is 0 Å². The third-order valence-corrected chi connectivity index (χ3v) is 4.09. The average Bonchev–Trinajstić information content (AvgIpc) is 2.65. The Kier molecular flexibility index (Phi) is 5.07. The summed E-state index contributed by atoms with van der Waals surface area (Å²) in [7, 11) is 0. The van der Waals surface area contributed by atoms with Gasteiger partial charge in [0.25, 0.3) is 0 Å². The van der Waals surface area contributed by atoms with Crippen LogP contribution in [0.25, 0.3) is 0 Å². The first-order valence-corrected chi connectivity index (χ1v) is 7.44. The summed E-state index contributed by atoms with van der Waals surface area (Å²) in [6.07, 6.45) is 3.09. The van der Waals surface area contributed by atoms with Crippen molar-refractivity contribution >= 4 is 29.3 Å². The van der Waals surface area contributed by atoms with E-state index >= 15 is 0 Å². The molecule has 1 aromatic carbocycles. The van der Waals surface area contributed by atoms with Crippen molar-refractivity contribution in [3.8, 4) is 0 Å². The van der Waals surface area contributed by atoms with Gasteiger partial charge in [-0.3, -0.25) is 0 Å². The van der Waals surface area contributed by atoms with Gasteiger partial charge in [0, 0.05) is 13.1 Å². The number of carbonyl (C=O) groups is 2. The quantitative estimate of drug-likeness (QED) is 0.875. The molecule has 1 fully saturated rings. The van der Waals surface area contributed by atoms with Gasteiger partial charge in [0.1, 0.15) is 0 Å². The number of hydrogen-bond donors (Lipinski definition) is 2. The number of hydrogen-bond acceptors (Lipinski definition) is 2. The van der Waals surface area contributed by atoms with Crippen LogP contribution in [0.4, 0.5) is 10.5 Å². The first-order chi connectivity index (χ1) is 9.97. The number of carbonyl (C=O) groups excluding carboxylic acids is 1. The zero-order chi connectivity index (χ0) is 15.4. The number of halogens is 1. The van der Waals surface area contributed by atoms with Crippen LogP contribution in [0.5, 0.6) is 0 Å². The Morgan fingerprint density at radius 3 is 2.81 bits per heavy atom. The van der Waals surface area contributed by atoms with E-state index < -0.39 is 5.97 Å². The number of benzene rings is 1. The van der Waals surface area contributed by atoms with E-state index in [2.05, 4.69) is 12.2 Å². The van der Waals surface area contributed by atoms with E-state index in [9.17, 15) is 9.59 Å². The first kappa shape index (κ1) is 15.6. The molecule has 6 heteroatoms. The van der Waals surface area contributed by atoms with Gasteiger partial charge in [-0.2, -0.15) is 0 Å². The molecule has 2 N–H and O–H groups in total. The number of carboxylic acids is 1. The number of carboxylic acid groups (broad SMARTS) is 1. The molecule has 0 saturated carbocycles. The van der Waals surface area contributed by atoms with E-state index in [1.165, 1.54) is 18.2 Å². The molecule has 0 aliphatic carbocycles. The van der Waals surface area contributed by atoms with E-state index in [-0.39, 0.29) is 11.6 Å². The Balaban J connectivity index is 2.08. The number of nitrogens with one attached hydrogen (secondary N) is 1. The van der Waals surface area contributed by atoms with Gasteiger partial charge in [-0.15, -0.1) is 0 Å². The first-order valence-electron chi connectivity index (χ1n) is 7.06. The van der Waals surface area contributed by atoms with Crippen molar-refractivity contribution in [1.82, 2.24) is 4.90 Å². The van der Waals surface area contributed by atoms with Crippen LogP contribution in [0, 0.1) is 5.92 Å². The Morgan fingerprint density at radius 2 is 2.10 bits per heavy atom. The van der Waals surface area contributed by atoms with E-state index in [4.69, 9.17) is 16.7 Å². The minimum Gasteiger partial charge on any atom is -0.478 e. The third kappa shape index (κ3) is 4.11. The summed E-state index contributed by atoms with van der Waals surface area (Å²) < 4.78 is 0. The maximum absolute atomic E-state index is 12.3. The highest BCUT2D eigenvalue weighted by atomic mass is 35.5. The highest BCUT2D eigenvalue weighted by Crippen LogP contribution is 2.24. The average molecular weight is 311 g/mol. The zero-order valence-corrected chi connectivity index (χ0v) is 12.7. The molecular weight excluding hydrogens is 292 g/mol. The lowest BCUT2D eigenvalue weighted by Gasteiger charge is -2.21. The van der Waals surface area contributed by atoms with Crippen LogP contribution >= 0.6 is 11.6 Å². The molecule has 1 saturated heterocycles. The topological polar surface area (TPSA) is 69.6 Å². The van der Waals surface area contributed by atoms with Crippen molar-refractivity contribution in [3.05, 3.63) is 28.8 Å². The lowest BCUT2D eigenvalue weighted by Crippen LogP contribution is -2.35. The molecule has 1 heterocycles. The van der Waals surface area contributed by atoms with Gasteiger partial charge in [0.15, 0.2) is 0 Å². The Hall–Kier alpha value is -1.75. The molecule has 114 valence electrons. The predicted molar refractivity (Wildman–Crippen MR) is 82.0 cm³/mol. The van der Waals surface area contributed by atoms with Crippen LogP contribution in [-0.4, -0.2) is 35.1 Å². The number of rotatable bonds is 2. The van der Waals surface area contributed by atoms with Gasteiger partial charge >= 0.3 is 12.0 Å². The second-order valence-electron chi connectivity index (χ2n) is 5.45. The fourth-order valence-corrected chi connectivity index (χ4v) is 2.58. The Bertz CT molecular complexity index is 548. The monoisotopic (exact) mass is 310 g/mol. The minimum absolute atomic E-state index is 0.0965.